The smallest absolute Gasteiger partial charge is 0.361 e. The van der Waals surface area contributed by atoms with Gasteiger partial charge >= 0.3 is 12.0 Å². The van der Waals surface area contributed by atoms with Gasteiger partial charge in [0.25, 0.3) is 5.91 Å². The predicted octanol–water partition coefficient (Wildman–Crippen LogP) is 3.52. The van der Waals surface area contributed by atoms with E-state index in [0.29, 0.717) is 6.54 Å². The van der Waals surface area contributed by atoms with Crippen LogP contribution in [0.1, 0.15) is 48.4 Å². The fourth-order valence-electron chi connectivity index (χ4n) is 3.16. The maximum absolute atomic E-state index is 12.2. The number of hydrogen-bond acceptors (Lipinski definition) is 6. The number of aryl methyl sites for hydroxylation is 1. The van der Waals surface area contributed by atoms with Crippen molar-refractivity contribution in [2.75, 3.05) is 13.2 Å². The molecule has 0 spiro atoms. The Morgan fingerprint density at radius 3 is 2.70 bits per heavy atom. The first-order chi connectivity index (χ1) is 14.5. The molecule has 1 aromatic carbocycles. The van der Waals surface area contributed by atoms with E-state index in [-0.39, 0.29) is 17.3 Å². The number of nitrogens with zero attached hydrogens (tertiary/aromatic N) is 1. The van der Waals surface area contributed by atoms with Gasteiger partial charge in [-0.3, -0.25) is 10.1 Å². The SMILES string of the molecule is Cc1oc(-c2ccccc2)nc1C(=O)OCC(=O)NC(=O)NCCC1=CCCCC1. The summed E-state index contributed by atoms with van der Waals surface area (Å²) in [7, 11) is 0. The second-order valence-electron chi connectivity index (χ2n) is 7.03. The van der Waals surface area contributed by atoms with E-state index in [2.05, 4.69) is 21.7 Å². The highest BCUT2D eigenvalue weighted by atomic mass is 16.5. The average molecular weight is 411 g/mol. The molecule has 0 saturated carbocycles. The third-order valence-electron chi connectivity index (χ3n) is 4.71. The van der Waals surface area contributed by atoms with Crippen LogP contribution in [0.3, 0.4) is 0 Å². The van der Waals surface area contributed by atoms with E-state index in [1.807, 2.05) is 18.2 Å². The van der Waals surface area contributed by atoms with E-state index in [1.54, 1.807) is 19.1 Å². The van der Waals surface area contributed by atoms with Crippen LogP contribution in [0.4, 0.5) is 4.79 Å². The second kappa shape index (κ2) is 10.4. The number of ether oxygens (including phenoxy) is 1. The van der Waals surface area contributed by atoms with Gasteiger partial charge in [0.05, 0.1) is 0 Å². The van der Waals surface area contributed by atoms with Crippen molar-refractivity contribution < 1.29 is 23.5 Å². The van der Waals surface area contributed by atoms with E-state index in [4.69, 9.17) is 9.15 Å². The minimum Gasteiger partial charge on any atom is -0.451 e. The maximum Gasteiger partial charge on any atom is 0.361 e. The van der Waals surface area contributed by atoms with Crippen LogP contribution in [0.15, 0.2) is 46.4 Å². The number of carbonyl (C=O) groups is 3. The van der Waals surface area contributed by atoms with Gasteiger partial charge in [-0.1, -0.05) is 29.8 Å². The molecule has 0 bridgehead atoms. The summed E-state index contributed by atoms with van der Waals surface area (Å²) in [6.45, 7) is 1.45. The topological polar surface area (TPSA) is 111 Å². The summed E-state index contributed by atoms with van der Waals surface area (Å²) in [5.41, 5.74) is 2.05. The largest absolute Gasteiger partial charge is 0.451 e. The molecule has 0 aliphatic heterocycles. The fourth-order valence-corrected chi connectivity index (χ4v) is 3.16. The van der Waals surface area contributed by atoms with Crippen LogP contribution in [0.25, 0.3) is 11.5 Å². The summed E-state index contributed by atoms with van der Waals surface area (Å²) in [6, 6.07) is 8.50. The van der Waals surface area contributed by atoms with Crippen molar-refractivity contribution in [1.29, 1.82) is 0 Å². The van der Waals surface area contributed by atoms with Crippen molar-refractivity contribution in [1.82, 2.24) is 15.6 Å². The normalized spacial score (nSPS) is 13.3. The standard InChI is InChI=1S/C22H25N3O5/c1-15-19(25-20(30-15)17-10-6-3-7-11-17)21(27)29-14-18(26)24-22(28)23-13-12-16-8-4-2-5-9-16/h3,6-8,10-11H,2,4-5,9,12-14H2,1H3,(H2,23,24,26,28). The van der Waals surface area contributed by atoms with Gasteiger partial charge in [0.1, 0.15) is 5.76 Å². The van der Waals surface area contributed by atoms with Crippen LogP contribution in [-0.2, 0) is 9.53 Å². The Hall–Kier alpha value is -3.42. The number of hydrogen-bond donors (Lipinski definition) is 2. The molecule has 8 nitrogen and oxygen atoms in total. The van der Waals surface area contributed by atoms with E-state index in [0.717, 1.165) is 24.8 Å². The molecule has 0 atom stereocenters. The Morgan fingerprint density at radius 1 is 1.17 bits per heavy atom. The lowest BCUT2D eigenvalue weighted by Crippen LogP contribution is -2.41. The molecule has 3 rings (SSSR count). The van der Waals surface area contributed by atoms with Crippen molar-refractivity contribution >= 4 is 17.9 Å². The van der Waals surface area contributed by atoms with Crippen LogP contribution in [-0.4, -0.2) is 36.0 Å². The molecule has 1 aliphatic carbocycles. The Labute approximate surface area is 174 Å². The fraction of sp³-hybridized carbons (Fsp3) is 0.364. The zero-order chi connectivity index (χ0) is 21.3. The quantitative estimate of drug-likeness (QED) is 0.533. The number of esters is 1. The Morgan fingerprint density at radius 2 is 1.97 bits per heavy atom. The van der Waals surface area contributed by atoms with E-state index in [9.17, 15) is 14.4 Å². The lowest BCUT2D eigenvalue weighted by molar-refractivity contribution is -0.123. The van der Waals surface area contributed by atoms with Gasteiger partial charge in [-0.05, 0) is 51.2 Å². The molecule has 0 saturated heterocycles. The van der Waals surface area contributed by atoms with E-state index in [1.165, 1.54) is 18.4 Å². The summed E-state index contributed by atoms with van der Waals surface area (Å²) >= 11 is 0. The molecule has 1 aliphatic rings. The minimum absolute atomic E-state index is 0.00754. The van der Waals surface area contributed by atoms with Gasteiger partial charge in [-0.2, -0.15) is 0 Å². The van der Waals surface area contributed by atoms with Crippen molar-refractivity contribution in [3.8, 4) is 11.5 Å². The first-order valence-corrected chi connectivity index (χ1v) is 9.98. The van der Waals surface area contributed by atoms with Crippen LogP contribution < -0.4 is 10.6 Å². The molecule has 30 heavy (non-hydrogen) atoms. The number of nitrogens with one attached hydrogen (secondary N) is 2. The molecule has 2 N–H and O–H groups in total. The summed E-state index contributed by atoms with van der Waals surface area (Å²) in [5, 5.41) is 4.77. The molecular weight excluding hydrogens is 386 g/mol. The van der Waals surface area contributed by atoms with Crippen LogP contribution in [0.5, 0.6) is 0 Å². The first kappa shape index (κ1) is 21.3. The zero-order valence-electron chi connectivity index (χ0n) is 16.9. The highest BCUT2D eigenvalue weighted by molar-refractivity contribution is 5.96. The second-order valence-corrected chi connectivity index (χ2v) is 7.03. The number of carbonyl (C=O) groups excluding carboxylic acids is 3. The number of imide groups is 1. The summed E-state index contributed by atoms with van der Waals surface area (Å²) in [4.78, 5) is 40.0. The molecular formula is C22H25N3O5. The number of urea groups is 1. The molecule has 3 amide bonds. The summed E-state index contributed by atoms with van der Waals surface area (Å²) in [5.74, 6) is -0.939. The van der Waals surface area contributed by atoms with Crippen molar-refractivity contribution in [3.63, 3.8) is 0 Å². The molecule has 158 valence electrons. The maximum atomic E-state index is 12.2. The molecule has 8 heteroatoms. The molecule has 0 unspecified atom stereocenters. The molecule has 2 aromatic rings. The Kier molecular flexibility index (Phi) is 7.37. The molecule has 0 fully saturated rings. The number of oxazole rings is 1. The third-order valence-corrected chi connectivity index (χ3v) is 4.71. The predicted molar refractivity (Wildman–Crippen MR) is 110 cm³/mol. The van der Waals surface area contributed by atoms with Crippen LogP contribution >= 0.6 is 0 Å². The average Bonchev–Trinajstić information content (AvgIpc) is 3.15. The van der Waals surface area contributed by atoms with Gasteiger partial charge in [0, 0.05) is 12.1 Å². The van der Waals surface area contributed by atoms with Gasteiger partial charge in [-0.15, -0.1) is 0 Å². The number of aromatic nitrogens is 1. The minimum atomic E-state index is -0.793. The monoisotopic (exact) mass is 411 g/mol. The highest BCUT2D eigenvalue weighted by Gasteiger charge is 2.20. The van der Waals surface area contributed by atoms with Crippen molar-refractivity contribution in [3.05, 3.63) is 53.4 Å². The number of allylic oxidation sites excluding steroid dienone is 1. The third kappa shape index (κ3) is 6.04. The highest BCUT2D eigenvalue weighted by Crippen LogP contribution is 2.22. The molecule has 0 radical (unpaired) electrons. The van der Waals surface area contributed by atoms with Crippen LogP contribution in [0.2, 0.25) is 0 Å². The van der Waals surface area contributed by atoms with Gasteiger partial charge in [0.15, 0.2) is 12.3 Å². The number of benzene rings is 1. The van der Waals surface area contributed by atoms with E-state index < -0.39 is 24.5 Å². The number of rotatable bonds is 7. The van der Waals surface area contributed by atoms with Gasteiger partial charge < -0.3 is 14.5 Å². The Balaban J connectivity index is 1.42. The molecule has 1 heterocycles. The first-order valence-electron chi connectivity index (χ1n) is 9.98. The van der Waals surface area contributed by atoms with Crippen molar-refractivity contribution in [2.45, 2.75) is 39.0 Å². The number of amides is 3. The summed E-state index contributed by atoms with van der Waals surface area (Å²) < 4.78 is 10.5. The van der Waals surface area contributed by atoms with Crippen LogP contribution in [0, 0.1) is 6.92 Å². The summed E-state index contributed by atoms with van der Waals surface area (Å²) in [6.07, 6.45) is 7.52. The molecule has 1 aromatic heterocycles. The van der Waals surface area contributed by atoms with Crippen molar-refractivity contribution in [2.24, 2.45) is 0 Å². The lowest BCUT2D eigenvalue weighted by atomic mass is 9.97. The van der Waals surface area contributed by atoms with Gasteiger partial charge in [0.2, 0.25) is 5.89 Å². The lowest BCUT2D eigenvalue weighted by Gasteiger charge is -2.13. The zero-order valence-corrected chi connectivity index (χ0v) is 16.9. The Bertz CT molecular complexity index is 934. The van der Waals surface area contributed by atoms with E-state index >= 15 is 0 Å². The van der Waals surface area contributed by atoms with Gasteiger partial charge in [-0.25, -0.2) is 14.6 Å².